The van der Waals surface area contributed by atoms with Crippen molar-refractivity contribution in [2.24, 2.45) is 27.9 Å². The standard InChI is InChI=1S/C16H28N8O8/c17-7(4-10(18)25)13(29)22-6-11(26)23-9(5-12(27)28)14(30)24-8(15(31)32)2-1-3-21-16(19)20/h7-9H,1-6,17H2,(H2,18,25)(H,22,29)(H,23,26)(H,24,30)(H,27,28)(H,31,32)(H4,19,20,21). The van der Waals surface area contributed by atoms with Gasteiger partial charge in [0.25, 0.3) is 0 Å². The molecule has 0 aliphatic carbocycles. The Bertz CT molecular complexity index is 752. The second kappa shape index (κ2) is 14.1. The first-order valence-electron chi connectivity index (χ1n) is 9.24. The number of nitrogens with two attached hydrogens (primary N) is 4. The van der Waals surface area contributed by atoms with Crippen LogP contribution >= 0.6 is 0 Å². The summed E-state index contributed by atoms with van der Waals surface area (Å²) in [5, 5.41) is 24.5. The molecule has 0 aromatic carbocycles. The molecule has 13 N–H and O–H groups in total. The molecule has 0 spiro atoms. The Morgan fingerprint density at radius 3 is 2.00 bits per heavy atom. The number of nitrogens with one attached hydrogen (secondary N) is 3. The Balaban J connectivity index is 4.94. The van der Waals surface area contributed by atoms with Crippen molar-refractivity contribution in [3.63, 3.8) is 0 Å². The number of guanidine groups is 1. The molecular formula is C16H28N8O8. The molecule has 32 heavy (non-hydrogen) atoms. The Kier molecular flexibility index (Phi) is 12.4. The minimum absolute atomic E-state index is 0.0700. The Morgan fingerprint density at radius 1 is 0.875 bits per heavy atom. The highest BCUT2D eigenvalue weighted by atomic mass is 16.4. The van der Waals surface area contributed by atoms with Crippen molar-refractivity contribution < 1.29 is 39.0 Å². The molecule has 0 bridgehead atoms. The van der Waals surface area contributed by atoms with E-state index in [0.717, 1.165) is 0 Å². The van der Waals surface area contributed by atoms with E-state index in [4.69, 9.17) is 28.0 Å². The maximum absolute atomic E-state index is 12.4. The second-order valence-electron chi connectivity index (χ2n) is 6.56. The summed E-state index contributed by atoms with van der Waals surface area (Å²) in [6.07, 6.45) is -1.19. The lowest BCUT2D eigenvalue weighted by Gasteiger charge is -2.20. The van der Waals surface area contributed by atoms with Gasteiger partial charge < -0.3 is 49.1 Å². The quantitative estimate of drug-likeness (QED) is 0.0632. The number of aliphatic imine (C=N–C) groups is 1. The summed E-state index contributed by atoms with van der Waals surface area (Å²) in [5.74, 6) is -6.74. The van der Waals surface area contributed by atoms with E-state index >= 15 is 0 Å². The molecule has 3 unspecified atom stereocenters. The number of hydrogen-bond donors (Lipinski definition) is 9. The number of primary amides is 1. The van der Waals surface area contributed by atoms with Crippen molar-refractivity contribution >= 4 is 41.5 Å². The molecule has 180 valence electrons. The van der Waals surface area contributed by atoms with Crippen molar-refractivity contribution in [1.82, 2.24) is 16.0 Å². The van der Waals surface area contributed by atoms with Gasteiger partial charge in [-0.3, -0.25) is 29.0 Å². The number of aliphatic carboxylic acids is 2. The average Bonchev–Trinajstić information content (AvgIpc) is 2.66. The number of carbonyl (C=O) groups excluding carboxylic acids is 4. The van der Waals surface area contributed by atoms with Gasteiger partial charge in [0.05, 0.1) is 25.4 Å². The first-order chi connectivity index (χ1) is 14.8. The molecule has 0 fully saturated rings. The predicted molar refractivity (Wildman–Crippen MR) is 108 cm³/mol. The Labute approximate surface area is 182 Å². The SMILES string of the molecule is NC(=O)CC(N)C(=O)NCC(=O)NC(CC(=O)O)C(=O)NC(CCCN=C(N)N)C(=O)O. The summed E-state index contributed by atoms with van der Waals surface area (Å²) in [5.41, 5.74) is 20.6. The maximum atomic E-state index is 12.4. The number of carbonyl (C=O) groups is 6. The predicted octanol–water partition coefficient (Wildman–Crippen LogP) is -5.11. The third kappa shape index (κ3) is 12.6. The second-order valence-corrected chi connectivity index (χ2v) is 6.56. The molecule has 0 saturated carbocycles. The Hall–Kier alpha value is -3.95. The van der Waals surface area contributed by atoms with Gasteiger partial charge in [-0.25, -0.2) is 4.79 Å². The van der Waals surface area contributed by atoms with Crippen LogP contribution < -0.4 is 38.9 Å². The van der Waals surface area contributed by atoms with Gasteiger partial charge in [-0.2, -0.15) is 0 Å². The number of carboxylic acid groups (broad SMARTS) is 2. The van der Waals surface area contributed by atoms with E-state index in [1.54, 1.807) is 0 Å². The molecule has 0 heterocycles. The van der Waals surface area contributed by atoms with Crippen LogP contribution in [0.3, 0.4) is 0 Å². The normalized spacial score (nSPS) is 13.0. The van der Waals surface area contributed by atoms with Crippen LogP contribution in [0.4, 0.5) is 0 Å². The van der Waals surface area contributed by atoms with Crippen molar-refractivity contribution in [3.8, 4) is 0 Å². The van der Waals surface area contributed by atoms with Crippen LogP contribution in [0.5, 0.6) is 0 Å². The minimum atomic E-state index is -1.63. The summed E-state index contributed by atoms with van der Waals surface area (Å²) in [4.78, 5) is 72.8. The fourth-order valence-electron chi connectivity index (χ4n) is 2.27. The summed E-state index contributed by atoms with van der Waals surface area (Å²) < 4.78 is 0. The summed E-state index contributed by atoms with van der Waals surface area (Å²) in [6, 6.07) is -4.32. The molecule has 0 saturated heterocycles. The first kappa shape index (κ1) is 28.1. The molecule has 0 aromatic rings. The van der Waals surface area contributed by atoms with Crippen LogP contribution in [0, 0.1) is 0 Å². The van der Waals surface area contributed by atoms with Gasteiger partial charge in [0.2, 0.25) is 23.6 Å². The van der Waals surface area contributed by atoms with Crippen molar-refractivity contribution in [2.75, 3.05) is 13.1 Å². The largest absolute Gasteiger partial charge is 0.481 e. The van der Waals surface area contributed by atoms with Gasteiger partial charge in [-0.1, -0.05) is 0 Å². The minimum Gasteiger partial charge on any atom is -0.481 e. The third-order valence-corrected chi connectivity index (χ3v) is 3.77. The lowest BCUT2D eigenvalue weighted by molar-refractivity contribution is -0.143. The topological polar surface area (TPSA) is 295 Å². The van der Waals surface area contributed by atoms with Crippen LogP contribution in [0.15, 0.2) is 4.99 Å². The lowest BCUT2D eigenvalue weighted by Crippen LogP contribution is -2.54. The van der Waals surface area contributed by atoms with Crippen LogP contribution in [-0.2, 0) is 28.8 Å². The fourth-order valence-corrected chi connectivity index (χ4v) is 2.27. The van der Waals surface area contributed by atoms with Gasteiger partial charge in [-0.05, 0) is 12.8 Å². The van der Waals surface area contributed by atoms with E-state index in [1.807, 2.05) is 0 Å². The van der Waals surface area contributed by atoms with Gasteiger partial charge in [0, 0.05) is 6.54 Å². The van der Waals surface area contributed by atoms with E-state index in [2.05, 4.69) is 20.9 Å². The zero-order valence-electron chi connectivity index (χ0n) is 17.1. The fraction of sp³-hybridized carbons (Fsp3) is 0.562. The molecular weight excluding hydrogens is 432 g/mol. The zero-order chi connectivity index (χ0) is 24.8. The van der Waals surface area contributed by atoms with Crippen molar-refractivity contribution in [3.05, 3.63) is 0 Å². The maximum Gasteiger partial charge on any atom is 0.326 e. The Morgan fingerprint density at radius 2 is 1.50 bits per heavy atom. The van der Waals surface area contributed by atoms with Crippen LogP contribution in [0.1, 0.15) is 25.7 Å². The smallest absolute Gasteiger partial charge is 0.326 e. The van der Waals surface area contributed by atoms with E-state index in [9.17, 15) is 33.9 Å². The van der Waals surface area contributed by atoms with Gasteiger partial charge in [-0.15, -0.1) is 0 Å². The van der Waals surface area contributed by atoms with Crippen LogP contribution in [-0.4, -0.2) is 83.0 Å². The molecule has 0 aromatic heterocycles. The van der Waals surface area contributed by atoms with E-state index < -0.39 is 73.1 Å². The van der Waals surface area contributed by atoms with E-state index in [1.165, 1.54) is 0 Å². The number of amides is 4. The monoisotopic (exact) mass is 460 g/mol. The number of hydrogen-bond acceptors (Lipinski definition) is 8. The highest BCUT2D eigenvalue weighted by molar-refractivity contribution is 5.94. The summed E-state index contributed by atoms with van der Waals surface area (Å²) >= 11 is 0. The average molecular weight is 460 g/mol. The zero-order valence-corrected chi connectivity index (χ0v) is 17.1. The molecule has 0 rings (SSSR count). The number of carboxylic acids is 2. The summed E-state index contributed by atoms with van der Waals surface area (Å²) in [7, 11) is 0. The highest BCUT2D eigenvalue weighted by Gasteiger charge is 2.28. The lowest BCUT2D eigenvalue weighted by atomic mass is 10.1. The van der Waals surface area contributed by atoms with Crippen LogP contribution in [0.25, 0.3) is 0 Å². The molecule has 0 aliphatic heterocycles. The van der Waals surface area contributed by atoms with Crippen molar-refractivity contribution in [2.45, 2.75) is 43.8 Å². The van der Waals surface area contributed by atoms with Crippen molar-refractivity contribution in [1.29, 1.82) is 0 Å². The van der Waals surface area contributed by atoms with Gasteiger partial charge >= 0.3 is 11.9 Å². The number of nitrogens with zero attached hydrogens (tertiary/aromatic N) is 1. The van der Waals surface area contributed by atoms with Crippen LogP contribution in [0.2, 0.25) is 0 Å². The van der Waals surface area contributed by atoms with Gasteiger partial charge in [0.1, 0.15) is 12.1 Å². The number of rotatable bonds is 15. The molecule has 3 atom stereocenters. The molecule has 16 heteroatoms. The molecule has 4 amide bonds. The molecule has 16 nitrogen and oxygen atoms in total. The molecule has 0 aliphatic rings. The highest BCUT2D eigenvalue weighted by Crippen LogP contribution is 2.01. The van der Waals surface area contributed by atoms with E-state index in [0.29, 0.717) is 0 Å². The molecule has 0 radical (unpaired) electrons. The first-order valence-corrected chi connectivity index (χ1v) is 9.24. The summed E-state index contributed by atoms with van der Waals surface area (Å²) in [6.45, 7) is -0.579. The van der Waals surface area contributed by atoms with E-state index in [-0.39, 0.29) is 25.3 Å². The van der Waals surface area contributed by atoms with Gasteiger partial charge in [0.15, 0.2) is 5.96 Å². The third-order valence-electron chi connectivity index (χ3n) is 3.77.